The molecule has 0 saturated carbocycles. The molecule has 0 fully saturated rings. The van der Waals surface area contributed by atoms with Crippen molar-refractivity contribution in [2.24, 2.45) is 0 Å². The molecule has 0 amide bonds. The first-order valence-corrected chi connectivity index (χ1v) is 7.53. The first-order valence-electron chi connectivity index (χ1n) is 7.53. The van der Waals surface area contributed by atoms with Gasteiger partial charge in [-0.25, -0.2) is 4.79 Å². The van der Waals surface area contributed by atoms with Crippen LogP contribution in [0.2, 0.25) is 0 Å². The Morgan fingerprint density at radius 3 is 1.65 bits per heavy atom. The zero-order valence-corrected chi connectivity index (χ0v) is 18.6. The number of ether oxygens (including phenoxy) is 1. The van der Waals surface area contributed by atoms with Crippen LogP contribution < -0.4 is 59.1 Å². The molecule has 0 aromatic heterocycles. The maximum Gasteiger partial charge on any atom is 1.00 e. The second-order valence-corrected chi connectivity index (χ2v) is 5.71. The third kappa shape index (κ3) is 3.33. The molecule has 2 N–H and O–H groups in total. The average Bonchev–Trinajstić information content (AvgIpc) is 2.91. The molecule has 0 radical (unpaired) electrons. The molecular weight excluding hydrogens is 350 g/mol. The fourth-order valence-corrected chi connectivity index (χ4v) is 3.20. The number of hydrogen-bond acceptors (Lipinski definition) is 4. The van der Waals surface area contributed by atoms with Crippen molar-refractivity contribution >= 4 is 5.97 Å². The van der Waals surface area contributed by atoms with Crippen LogP contribution in [0.4, 0.5) is 0 Å². The number of phenols is 2. The van der Waals surface area contributed by atoms with E-state index in [1.807, 2.05) is 12.1 Å². The van der Waals surface area contributed by atoms with E-state index in [4.69, 9.17) is 4.74 Å². The fourth-order valence-electron chi connectivity index (χ4n) is 3.20. The quantitative estimate of drug-likeness (QED) is 0.392. The molecule has 0 spiro atoms. The van der Waals surface area contributed by atoms with Gasteiger partial charge in [0.15, 0.2) is 5.60 Å². The van der Waals surface area contributed by atoms with E-state index < -0.39 is 11.6 Å². The second-order valence-electron chi connectivity index (χ2n) is 5.71. The van der Waals surface area contributed by atoms with Crippen LogP contribution in [0.1, 0.15) is 27.0 Å². The zero-order valence-electron chi connectivity index (χ0n) is 14.6. The molecule has 4 nitrogen and oxygen atoms in total. The number of carbonyl (C=O) groups is 1. The molecule has 0 unspecified atom stereocenters. The number of hydrogen-bond donors (Lipinski definition) is 2. The normalized spacial score (nSPS) is 13.8. The summed E-state index contributed by atoms with van der Waals surface area (Å²) in [5.74, 6) is -0.124. The molecule has 1 aliphatic rings. The molecule has 3 aromatic carbocycles. The number of esters is 1. The molecule has 0 saturated heterocycles. The van der Waals surface area contributed by atoms with E-state index in [1.54, 1.807) is 60.7 Å². The third-order valence-electron chi connectivity index (χ3n) is 4.32. The third-order valence-corrected chi connectivity index (χ3v) is 4.32. The molecule has 118 valence electrons. The van der Waals surface area contributed by atoms with Gasteiger partial charge >= 0.3 is 65.1 Å². The molecule has 1 heterocycles. The van der Waals surface area contributed by atoms with Crippen molar-refractivity contribution in [2.75, 3.05) is 0 Å². The maximum atomic E-state index is 12.4. The Labute approximate surface area is 195 Å². The Morgan fingerprint density at radius 1 is 0.692 bits per heavy atom. The van der Waals surface area contributed by atoms with Gasteiger partial charge < -0.3 is 14.9 Å². The molecule has 26 heavy (non-hydrogen) atoms. The monoisotopic (exact) mass is 364 g/mol. The summed E-state index contributed by atoms with van der Waals surface area (Å²) in [5, 5.41) is 19.2. The summed E-state index contributed by atoms with van der Waals surface area (Å²) in [6.45, 7) is 0. The predicted molar refractivity (Wildman–Crippen MR) is 88.0 cm³/mol. The van der Waals surface area contributed by atoms with Gasteiger partial charge in [-0.2, -0.15) is 0 Å². The molecule has 0 aliphatic carbocycles. The van der Waals surface area contributed by atoms with Crippen molar-refractivity contribution in [3.63, 3.8) is 0 Å². The number of rotatable bonds is 2. The van der Waals surface area contributed by atoms with E-state index in [-0.39, 0.29) is 70.6 Å². The van der Waals surface area contributed by atoms with Gasteiger partial charge in [-0.15, -0.1) is 0 Å². The number of cyclic esters (lactones) is 1. The molecule has 6 heteroatoms. The first kappa shape index (κ1) is 21.0. The van der Waals surface area contributed by atoms with Gasteiger partial charge in [0.1, 0.15) is 11.5 Å². The summed E-state index contributed by atoms with van der Waals surface area (Å²) in [7, 11) is 0. The topological polar surface area (TPSA) is 66.8 Å². The van der Waals surface area contributed by atoms with Crippen LogP contribution in [0.5, 0.6) is 11.5 Å². The summed E-state index contributed by atoms with van der Waals surface area (Å²) >= 11 is 0. The molecule has 0 atom stereocenters. The van der Waals surface area contributed by atoms with E-state index in [9.17, 15) is 15.0 Å². The van der Waals surface area contributed by atoms with Crippen molar-refractivity contribution in [3.8, 4) is 11.5 Å². The van der Waals surface area contributed by atoms with Crippen LogP contribution in [0, 0.1) is 0 Å². The van der Waals surface area contributed by atoms with E-state index in [2.05, 4.69) is 0 Å². The van der Waals surface area contributed by atoms with Gasteiger partial charge in [0.05, 0.1) is 5.56 Å². The summed E-state index contributed by atoms with van der Waals surface area (Å²) in [4.78, 5) is 12.4. The van der Waals surface area contributed by atoms with E-state index in [0.717, 1.165) is 16.7 Å². The minimum Gasteiger partial charge on any atom is -0.508 e. The van der Waals surface area contributed by atoms with Crippen LogP contribution in [-0.4, -0.2) is 16.2 Å². The Hall–Kier alpha value is -1.27. The van der Waals surface area contributed by atoms with Crippen molar-refractivity contribution in [1.29, 1.82) is 0 Å². The smallest absolute Gasteiger partial charge is 0.508 e. The van der Waals surface area contributed by atoms with Gasteiger partial charge in [-0.05, 0) is 30.3 Å². The molecule has 3 aromatic rings. The minimum atomic E-state index is -1.10. The largest absolute Gasteiger partial charge is 1.00 e. The van der Waals surface area contributed by atoms with Gasteiger partial charge in [-0.1, -0.05) is 42.5 Å². The Kier molecular flexibility index (Phi) is 6.61. The number of fused-ring (bicyclic) bond motifs is 1. The van der Waals surface area contributed by atoms with Crippen LogP contribution in [0.3, 0.4) is 0 Å². The van der Waals surface area contributed by atoms with E-state index in [0.29, 0.717) is 5.56 Å². The van der Waals surface area contributed by atoms with Crippen LogP contribution in [0.25, 0.3) is 0 Å². The van der Waals surface area contributed by atoms with Crippen molar-refractivity contribution < 1.29 is 78.9 Å². The summed E-state index contributed by atoms with van der Waals surface area (Å²) in [6.07, 6.45) is 0. The number of benzene rings is 3. The number of phenolic OH excluding ortho intramolecular Hbond substituents is 2. The SMILES string of the molecule is O=C1OC(c2ccc(O)cc2)(c2ccc(O)cc2)c2ccccc21.[Na+].[Na+]. The van der Waals surface area contributed by atoms with Gasteiger partial charge in [0.2, 0.25) is 0 Å². The molecule has 1 aliphatic heterocycles. The average molecular weight is 364 g/mol. The fraction of sp³-hybridized carbons (Fsp3) is 0.0500. The maximum absolute atomic E-state index is 12.4. The summed E-state index contributed by atoms with van der Waals surface area (Å²) < 4.78 is 5.87. The Balaban J connectivity index is 0.00000121. The van der Waals surface area contributed by atoms with Crippen LogP contribution in [-0.2, 0) is 10.3 Å². The van der Waals surface area contributed by atoms with E-state index >= 15 is 0 Å². The van der Waals surface area contributed by atoms with Crippen LogP contribution in [0.15, 0.2) is 72.8 Å². The predicted octanol–water partition coefficient (Wildman–Crippen LogP) is -2.43. The standard InChI is InChI=1S/C20H14O4.2Na/c21-15-9-5-13(6-10-15)20(14-7-11-16(22)12-8-14)18-4-2-1-3-17(18)19(23)24-20;;/h1-12,21-22H;;/q;2*+1. The van der Waals surface area contributed by atoms with Gasteiger partial charge in [0, 0.05) is 16.7 Å². The van der Waals surface area contributed by atoms with Crippen molar-refractivity contribution in [3.05, 3.63) is 95.1 Å². The van der Waals surface area contributed by atoms with Crippen molar-refractivity contribution in [2.45, 2.75) is 5.60 Å². The van der Waals surface area contributed by atoms with Gasteiger partial charge in [-0.3, -0.25) is 0 Å². The van der Waals surface area contributed by atoms with Gasteiger partial charge in [0.25, 0.3) is 0 Å². The zero-order chi connectivity index (χ0) is 16.7. The second kappa shape index (κ2) is 8.17. The Morgan fingerprint density at radius 2 is 1.15 bits per heavy atom. The summed E-state index contributed by atoms with van der Waals surface area (Å²) in [6, 6.07) is 20.4. The van der Waals surface area contributed by atoms with E-state index in [1.165, 1.54) is 0 Å². The molecule has 4 rings (SSSR count). The number of carbonyl (C=O) groups excluding carboxylic acids is 1. The first-order chi connectivity index (χ1) is 11.6. The molecule has 0 bridgehead atoms. The van der Waals surface area contributed by atoms with Crippen LogP contribution >= 0.6 is 0 Å². The number of aromatic hydroxyl groups is 2. The Bertz CT molecular complexity index is 876. The molecular formula is C20H14Na2O4+2. The minimum absolute atomic E-state index is 0. The summed E-state index contributed by atoms with van der Waals surface area (Å²) in [5.41, 5.74) is 1.60. The van der Waals surface area contributed by atoms with Crippen molar-refractivity contribution in [1.82, 2.24) is 0 Å².